The van der Waals surface area contributed by atoms with Gasteiger partial charge in [0.05, 0.1) is 16.2 Å². The van der Waals surface area contributed by atoms with Gasteiger partial charge in [0.2, 0.25) is 0 Å². The summed E-state index contributed by atoms with van der Waals surface area (Å²) in [4.78, 5) is 32.0. The molecule has 1 aliphatic rings. The van der Waals surface area contributed by atoms with E-state index in [1.165, 1.54) is 4.90 Å². The molecule has 4 rings (SSSR count). The second kappa shape index (κ2) is 7.84. The van der Waals surface area contributed by atoms with E-state index in [9.17, 15) is 14.7 Å². The zero-order valence-corrected chi connectivity index (χ0v) is 17.1. The van der Waals surface area contributed by atoms with Crippen molar-refractivity contribution in [1.29, 1.82) is 0 Å². The molecule has 0 spiro atoms. The van der Waals surface area contributed by atoms with E-state index in [0.29, 0.717) is 47.1 Å². The number of pyridine rings is 1. The molecule has 1 aliphatic heterocycles. The predicted octanol–water partition coefficient (Wildman–Crippen LogP) is 3.96. The maximum absolute atomic E-state index is 13.0. The number of halogens is 1. The fourth-order valence-corrected chi connectivity index (χ4v) is 3.99. The van der Waals surface area contributed by atoms with Crippen LogP contribution in [0.4, 0.5) is 10.5 Å². The molecule has 1 atom stereocenters. The molecule has 0 radical (unpaired) electrons. The average molecular weight is 425 g/mol. The first-order valence-electron chi connectivity index (χ1n) is 9.58. The monoisotopic (exact) mass is 424 g/mol. The van der Waals surface area contributed by atoms with E-state index in [1.807, 2.05) is 12.1 Å². The maximum Gasteiger partial charge on any atom is 0.407 e. The predicted molar refractivity (Wildman–Crippen MR) is 117 cm³/mol. The molecule has 0 unspecified atom stereocenters. The molecule has 1 aromatic heterocycles. The first-order valence-corrected chi connectivity index (χ1v) is 9.96. The van der Waals surface area contributed by atoms with Crippen molar-refractivity contribution >= 4 is 40.2 Å². The standard InChI is InChI=1S/C22H21ClN4O3/c1-13-12-26(8-9-27(13)22(29)30)21(28)15-4-7-17-18(23)11-19(25-20(17)10-15)14-2-5-16(24)6-3-14/h2-7,10-11,13H,8-9,12,24H2,1H3,(H,29,30)/t13-/m1/s1. The number of nitrogens with zero attached hydrogens (tertiary/aromatic N) is 3. The van der Waals surface area contributed by atoms with Crippen LogP contribution in [0.5, 0.6) is 0 Å². The molecule has 3 aromatic rings. The van der Waals surface area contributed by atoms with Crippen LogP contribution in [-0.2, 0) is 0 Å². The van der Waals surface area contributed by atoms with Gasteiger partial charge < -0.3 is 20.6 Å². The molecule has 7 nitrogen and oxygen atoms in total. The van der Waals surface area contributed by atoms with Crippen molar-refractivity contribution in [3.8, 4) is 11.3 Å². The number of hydrogen-bond donors (Lipinski definition) is 2. The van der Waals surface area contributed by atoms with Crippen LogP contribution in [0.25, 0.3) is 22.2 Å². The van der Waals surface area contributed by atoms with E-state index in [1.54, 1.807) is 48.2 Å². The third-order valence-electron chi connectivity index (χ3n) is 5.37. The second-order valence-corrected chi connectivity index (χ2v) is 7.83. The van der Waals surface area contributed by atoms with Gasteiger partial charge in [-0.3, -0.25) is 4.79 Å². The lowest BCUT2D eigenvalue weighted by atomic mass is 10.1. The minimum Gasteiger partial charge on any atom is -0.465 e. The smallest absolute Gasteiger partial charge is 0.407 e. The van der Waals surface area contributed by atoms with Gasteiger partial charge >= 0.3 is 6.09 Å². The molecule has 154 valence electrons. The number of amides is 2. The van der Waals surface area contributed by atoms with Crippen LogP contribution in [0.1, 0.15) is 17.3 Å². The minimum atomic E-state index is -0.964. The van der Waals surface area contributed by atoms with E-state index in [2.05, 4.69) is 0 Å². The highest BCUT2D eigenvalue weighted by Gasteiger charge is 2.30. The molecule has 0 aliphatic carbocycles. The van der Waals surface area contributed by atoms with E-state index < -0.39 is 6.09 Å². The largest absolute Gasteiger partial charge is 0.465 e. The van der Waals surface area contributed by atoms with Crippen molar-refractivity contribution in [2.45, 2.75) is 13.0 Å². The van der Waals surface area contributed by atoms with Gasteiger partial charge in [-0.15, -0.1) is 0 Å². The Morgan fingerprint density at radius 3 is 2.53 bits per heavy atom. The Hall–Kier alpha value is -3.32. The highest BCUT2D eigenvalue weighted by Crippen LogP contribution is 2.29. The van der Waals surface area contributed by atoms with Gasteiger partial charge in [-0.05, 0) is 37.3 Å². The lowest BCUT2D eigenvalue weighted by Crippen LogP contribution is -2.55. The number of aromatic nitrogens is 1. The number of carbonyl (C=O) groups excluding carboxylic acids is 1. The number of benzene rings is 2. The first kappa shape index (κ1) is 20.0. The molecule has 2 aromatic carbocycles. The number of nitrogen functional groups attached to an aromatic ring is 1. The molecule has 0 bridgehead atoms. The van der Waals surface area contributed by atoms with Gasteiger partial charge in [0.25, 0.3) is 5.91 Å². The Morgan fingerprint density at radius 2 is 1.87 bits per heavy atom. The summed E-state index contributed by atoms with van der Waals surface area (Å²) >= 11 is 6.47. The average Bonchev–Trinajstić information content (AvgIpc) is 2.73. The molecule has 2 amide bonds. The van der Waals surface area contributed by atoms with Crippen molar-refractivity contribution in [2.24, 2.45) is 0 Å². The normalized spacial score (nSPS) is 16.7. The molecular weight excluding hydrogens is 404 g/mol. The van der Waals surface area contributed by atoms with E-state index in [0.717, 1.165) is 10.9 Å². The van der Waals surface area contributed by atoms with Crippen molar-refractivity contribution in [3.05, 3.63) is 59.1 Å². The number of hydrogen-bond acceptors (Lipinski definition) is 4. The maximum atomic E-state index is 13.0. The summed E-state index contributed by atoms with van der Waals surface area (Å²) in [5, 5.41) is 10.5. The molecule has 1 fully saturated rings. The number of carbonyl (C=O) groups is 2. The molecular formula is C22H21ClN4O3. The van der Waals surface area contributed by atoms with Crippen LogP contribution in [-0.4, -0.2) is 57.6 Å². The fourth-order valence-electron chi connectivity index (χ4n) is 3.73. The zero-order valence-electron chi connectivity index (χ0n) is 16.4. The Labute approximate surface area is 178 Å². The topological polar surface area (TPSA) is 99.8 Å². The lowest BCUT2D eigenvalue weighted by Gasteiger charge is -2.38. The molecule has 2 heterocycles. The number of rotatable bonds is 2. The SMILES string of the molecule is C[C@@H]1CN(C(=O)c2ccc3c(Cl)cc(-c4ccc(N)cc4)nc3c2)CCN1C(=O)O. The van der Waals surface area contributed by atoms with Gasteiger partial charge in [-0.1, -0.05) is 29.8 Å². The number of piperazine rings is 1. The van der Waals surface area contributed by atoms with Crippen LogP contribution in [0, 0.1) is 0 Å². The van der Waals surface area contributed by atoms with Crippen molar-refractivity contribution in [1.82, 2.24) is 14.8 Å². The van der Waals surface area contributed by atoms with Crippen LogP contribution < -0.4 is 5.73 Å². The third kappa shape index (κ3) is 3.76. The first-order chi connectivity index (χ1) is 14.3. The summed E-state index contributed by atoms with van der Waals surface area (Å²) in [5.74, 6) is -0.149. The van der Waals surface area contributed by atoms with E-state index >= 15 is 0 Å². The number of nitrogens with two attached hydrogens (primary N) is 1. The molecule has 0 saturated carbocycles. The third-order valence-corrected chi connectivity index (χ3v) is 5.69. The van der Waals surface area contributed by atoms with Crippen LogP contribution in [0.15, 0.2) is 48.5 Å². The van der Waals surface area contributed by atoms with E-state index in [-0.39, 0.29) is 11.9 Å². The Kier molecular flexibility index (Phi) is 5.22. The summed E-state index contributed by atoms with van der Waals surface area (Å²) in [6.45, 7) is 2.80. The number of fused-ring (bicyclic) bond motifs is 1. The molecule has 8 heteroatoms. The van der Waals surface area contributed by atoms with Crippen LogP contribution in [0.3, 0.4) is 0 Å². The van der Waals surface area contributed by atoms with Gasteiger partial charge in [0.15, 0.2) is 0 Å². The van der Waals surface area contributed by atoms with Gasteiger partial charge in [-0.25, -0.2) is 9.78 Å². The molecule has 3 N–H and O–H groups in total. The fraction of sp³-hybridized carbons (Fsp3) is 0.227. The Morgan fingerprint density at radius 1 is 1.13 bits per heavy atom. The zero-order chi connectivity index (χ0) is 21.4. The number of carboxylic acid groups (broad SMARTS) is 1. The Balaban J connectivity index is 1.64. The summed E-state index contributed by atoms with van der Waals surface area (Å²) in [7, 11) is 0. The van der Waals surface area contributed by atoms with Crippen molar-refractivity contribution in [3.63, 3.8) is 0 Å². The summed E-state index contributed by atoms with van der Waals surface area (Å²) in [5.41, 5.74) is 9.12. The summed E-state index contributed by atoms with van der Waals surface area (Å²) < 4.78 is 0. The van der Waals surface area contributed by atoms with Gasteiger partial charge in [-0.2, -0.15) is 0 Å². The quantitative estimate of drug-likeness (QED) is 0.606. The highest BCUT2D eigenvalue weighted by molar-refractivity contribution is 6.35. The minimum absolute atomic E-state index is 0.149. The van der Waals surface area contributed by atoms with Crippen molar-refractivity contribution < 1.29 is 14.7 Å². The summed E-state index contributed by atoms with van der Waals surface area (Å²) in [6, 6.07) is 14.1. The highest BCUT2D eigenvalue weighted by atomic mass is 35.5. The van der Waals surface area contributed by atoms with E-state index in [4.69, 9.17) is 22.3 Å². The molecule has 1 saturated heterocycles. The summed E-state index contributed by atoms with van der Waals surface area (Å²) in [6.07, 6.45) is -0.964. The lowest BCUT2D eigenvalue weighted by molar-refractivity contribution is 0.0507. The van der Waals surface area contributed by atoms with Crippen LogP contribution >= 0.6 is 11.6 Å². The van der Waals surface area contributed by atoms with Gasteiger partial charge in [0.1, 0.15) is 0 Å². The van der Waals surface area contributed by atoms with Gasteiger partial charge in [0, 0.05) is 47.9 Å². The van der Waals surface area contributed by atoms with Crippen molar-refractivity contribution in [2.75, 3.05) is 25.4 Å². The number of anilines is 1. The Bertz CT molecular complexity index is 1130. The molecule has 30 heavy (non-hydrogen) atoms. The second-order valence-electron chi connectivity index (χ2n) is 7.42. The van der Waals surface area contributed by atoms with Crippen LogP contribution in [0.2, 0.25) is 5.02 Å².